The van der Waals surface area contributed by atoms with Crippen molar-refractivity contribution in [2.45, 2.75) is 25.9 Å². The second-order valence-electron chi connectivity index (χ2n) is 7.17. The number of benzene rings is 2. The summed E-state index contributed by atoms with van der Waals surface area (Å²) in [6, 6.07) is 9.41. The van der Waals surface area contributed by atoms with Crippen molar-refractivity contribution in [3.8, 4) is 0 Å². The van der Waals surface area contributed by atoms with E-state index in [1.165, 1.54) is 21.5 Å². The molecule has 0 fully saturated rings. The molecule has 1 amide bonds. The van der Waals surface area contributed by atoms with E-state index in [2.05, 4.69) is 22.5 Å². The van der Waals surface area contributed by atoms with Crippen LogP contribution in [0.25, 0.3) is 0 Å². The molecular formula is C21H22BrFN2O3S. The van der Waals surface area contributed by atoms with Crippen molar-refractivity contribution < 1.29 is 17.6 Å². The summed E-state index contributed by atoms with van der Waals surface area (Å²) >= 11 is 3.32. The SMILES string of the molecule is C=CCN(Cc1cc(Br)ccc1F)C(=O)c1ccc2c(c1)CC(C)N2S(C)(=O)=O. The fourth-order valence-electron chi connectivity index (χ4n) is 3.67. The van der Waals surface area contributed by atoms with Gasteiger partial charge in [-0.1, -0.05) is 22.0 Å². The molecule has 0 bridgehead atoms. The predicted octanol–water partition coefficient (Wildman–Crippen LogP) is 4.13. The molecule has 2 aromatic carbocycles. The lowest BCUT2D eigenvalue weighted by Gasteiger charge is -2.23. The van der Waals surface area contributed by atoms with Crippen molar-refractivity contribution in [2.24, 2.45) is 0 Å². The Morgan fingerprint density at radius 3 is 2.72 bits per heavy atom. The van der Waals surface area contributed by atoms with E-state index in [-0.39, 0.29) is 30.9 Å². The van der Waals surface area contributed by atoms with Gasteiger partial charge in [-0.15, -0.1) is 6.58 Å². The number of carbonyl (C=O) groups excluding carboxylic acids is 1. The largest absolute Gasteiger partial charge is 0.330 e. The number of hydrogen-bond donors (Lipinski definition) is 0. The van der Waals surface area contributed by atoms with E-state index >= 15 is 0 Å². The van der Waals surface area contributed by atoms with Crippen LogP contribution >= 0.6 is 15.9 Å². The third-order valence-corrected chi connectivity index (χ3v) is 6.61. The van der Waals surface area contributed by atoms with Gasteiger partial charge in [-0.05, 0) is 55.3 Å². The van der Waals surface area contributed by atoms with E-state index in [9.17, 15) is 17.6 Å². The first-order chi connectivity index (χ1) is 13.6. The fraction of sp³-hybridized carbons (Fsp3) is 0.286. The topological polar surface area (TPSA) is 57.7 Å². The first-order valence-corrected chi connectivity index (χ1v) is 11.7. The number of hydrogen-bond acceptors (Lipinski definition) is 3. The van der Waals surface area contributed by atoms with Crippen molar-refractivity contribution in [1.82, 2.24) is 4.90 Å². The first-order valence-electron chi connectivity index (χ1n) is 9.08. The zero-order valence-electron chi connectivity index (χ0n) is 16.2. The summed E-state index contributed by atoms with van der Waals surface area (Å²) in [5.41, 5.74) is 2.24. The highest BCUT2D eigenvalue weighted by Crippen LogP contribution is 2.35. The Balaban J connectivity index is 1.91. The Morgan fingerprint density at radius 1 is 1.34 bits per heavy atom. The van der Waals surface area contributed by atoms with Gasteiger partial charge in [-0.3, -0.25) is 9.10 Å². The molecule has 29 heavy (non-hydrogen) atoms. The van der Waals surface area contributed by atoms with Crippen molar-refractivity contribution in [1.29, 1.82) is 0 Å². The second-order valence-corrected chi connectivity index (χ2v) is 9.94. The molecule has 0 saturated heterocycles. The molecule has 8 heteroatoms. The van der Waals surface area contributed by atoms with Gasteiger partial charge in [-0.25, -0.2) is 12.8 Å². The number of carbonyl (C=O) groups is 1. The molecule has 154 valence electrons. The van der Waals surface area contributed by atoms with Gasteiger partial charge in [0.2, 0.25) is 10.0 Å². The molecule has 3 rings (SSSR count). The Bertz CT molecular complexity index is 1070. The van der Waals surface area contributed by atoms with Crippen LogP contribution in [0.4, 0.5) is 10.1 Å². The van der Waals surface area contributed by atoms with Crippen LogP contribution in [0.5, 0.6) is 0 Å². The lowest BCUT2D eigenvalue weighted by molar-refractivity contribution is 0.0761. The third kappa shape index (κ3) is 4.53. The van der Waals surface area contributed by atoms with E-state index in [0.717, 1.165) is 10.0 Å². The minimum Gasteiger partial charge on any atom is -0.330 e. The van der Waals surface area contributed by atoms with Crippen molar-refractivity contribution in [2.75, 3.05) is 17.1 Å². The Morgan fingerprint density at radius 2 is 2.07 bits per heavy atom. The van der Waals surface area contributed by atoms with Crippen LogP contribution in [-0.4, -0.2) is 38.1 Å². The van der Waals surface area contributed by atoms with Crippen molar-refractivity contribution in [3.05, 3.63) is 76.0 Å². The van der Waals surface area contributed by atoms with Gasteiger partial charge < -0.3 is 4.90 Å². The lowest BCUT2D eigenvalue weighted by atomic mass is 10.1. The van der Waals surface area contributed by atoms with Gasteiger partial charge in [0, 0.05) is 34.7 Å². The molecule has 0 radical (unpaired) electrons. The summed E-state index contributed by atoms with van der Waals surface area (Å²) in [5, 5.41) is 0. The van der Waals surface area contributed by atoms with Crippen LogP contribution in [0.15, 0.2) is 53.5 Å². The molecular weight excluding hydrogens is 459 g/mol. The molecule has 1 aliphatic rings. The summed E-state index contributed by atoms with van der Waals surface area (Å²) in [7, 11) is -3.39. The Kier molecular flexibility index (Phi) is 6.14. The molecule has 0 aromatic heterocycles. The zero-order valence-corrected chi connectivity index (χ0v) is 18.6. The van der Waals surface area contributed by atoms with Crippen LogP contribution in [0, 0.1) is 5.82 Å². The van der Waals surface area contributed by atoms with Crippen LogP contribution < -0.4 is 4.31 Å². The number of rotatable bonds is 6. The molecule has 1 heterocycles. The molecule has 0 aliphatic carbocycles. The van der Waals surface area contributed by atoms with E-state index < -0.39 is 10.0 Å². The molecule has 0 N–H and O–H groups in total. The standard InChI is InChI=1S/C21H22BrFN2O3S/c1-4-9-24(13-17-12-18(22)6-7-19(17)23)21(26)15-5-8-20-16(11-15)10-14(2)25(20)29(3,27)28/h4-8,11-12,14H,1,9-10,13H2,2-3H3. The van der Waals surface area contributed by atoms with Gasteiger partial charge in [0.15, 0.2) is 0 Å². The molecule has 0 spiro atoms. The van der Waals surface area contributed by atoms with Crippen molar-refractivity contribution in [3.63, 3.8) is 0 Å². The average molecular weight is 481 g/mol. The van der Waals surface area contributed by atoms with Crippen LogP contribution in [0.1, 0.15) is 28.4 Å². The second kappa shape index (κ2) is 8.28. The van der Waals surface area contributed by atoms with Crippen LogP contribution in [-0.2, 0) is 23.0 Å². The number of sulfonamides is 1. The van der Waals surface area contributed by atoms with Gasteiger partial charge in [0.1, 0.15) is 5.82 Å². The smallest absolute Gasteiger partial charge is 0.254 e. The third-order valence-electron chi connectivity index (χ3n) is 4.84. The minimum absolute atomic E-state index is 0.0963. The molecule has 1 aliphatic heterocycles. The molecule has 1 atom stereocenters. The van der Waals surface area contributed by atoms with Crippen molar-refractivity contribution >= 4 is 37.5 Å². The highest BCUT2D eigenvalue weighted by molar-refractivity contribution is 9.10. The van der Waals surface area contributed by atoms with Gasteiger partial charge >= 0.3 is 0 Å². The maximum absolute atomic E-state index is 14.2. The first kappa shape index (κ1) is 21.5. The maximum atomic E-state index is 14.2. The monoisotopic (exact) mass is 480 g/mol. The molecule has 5 nitrogen and oxygen atoms in total. The highest BCUT2D eigenvalue weighted by atomic mass is 79.9. The summed E-state index contributed by atoms with van der Waals surface area (Å²) in [5.74, 6) is -0.654. The van der Waals surface area contributed by atoms with E-state index in [1.807, 2.05) is 6.92 Å². The molecule has 0 saturated carbocycles. The van der Waals surface area contributed by atoms with Crippen LogP contribution in [0.2, 0.25) is 0 Å². The number of amides is 1. The quantitative estimate of drug-likeness (QED) is 0.584. The average Bonchev–Trinajstić information content (AvgIpc) is 2.98. The number of anilines is 1. The van der Waals surface area contributed by atoms with E-state index in [0.29, 0.717) is 23.2 Å². The highest BCUT2D eigenvalue weighted by Gasteiger charge is 2.33. The predicted molar refractivity (Wildman–Crippen MR) is 116 cm³/mol. The molecule has 1 unspecified atom stereocenters. The van der Waals surface area contributed by atoms with E-state index in [4.69, 9.17) is 0 Å². The van der Waals surface area contributed by atoms with Gasteiger partial charge in [-0.2, -0.15) is 0 Å². The Labute approximate surface area is 179 Å². The minimum atomic E-state index is -3.39. The summed E-state index contributed by atoms with van der Waals surface area (Å²) in [6.45, 7) is 5.88. The normalized spacial score (nSPS) is 15.9. The number of halogens is 2. The summed E-state index contributed by atoms with van der Waals surface area (Å²) in [6.07, 6.45) is 3.30. The van der Waals surface area contributed by atoms with Gasteiger partial charge in [0.25, 0.3) is 5.91 Å². The lowest BCUT2D eigenvalue weighted by Crippen LogP contribution is -2.34. The van der Waals surface area contributed by atoms with Crippen LogP contribution in [0.3, 0.4) is 0 Å². The Hall–Kier alpha value is -2.19. The van der Waals surface area contributed by atoms with E-state index in [1.54, 1.807) is 36.4 Å². The molecule has 2 aromatic rings. The number of nitrogens with zero attached hydrogens (tertiary/aromatic N) is 2. The fourth-order valence-corrected chi connectivity index (χ4v) is 5.34. The maximum Gasteiger partial charge on any atom is 0.254 e. The summed E-state index contributed by atoms with van der Waals surface area (Å²) < 4.78 is 40.4. The zero-order chi connectivity index (χ0) is 21.3. The number of fused-ring (bicyclic) bond motifs is 1. The van der Waals surface area contributed by atoms with Gasteiger partial charge in [0.05, 0.1) is 11.9 Å². The summed E-state index contributed by atoms with van der Waals surface area (Å²) in [4.78, 5) is 14.6.